The van der Waals surface area contributed by atoms with E-state index in [9.17, 15) is 4.39 Å². The SMILES string of the molecule is CCNC(=NCCCCSC)N1CC(C)OC(c2ccc(F)cc2)C1.I. The van der Waals surface area contributed by atoms with Crippen molar-refractivity contribution in [1.29, 1.82) is 0 Å². The molecule has 148 valence electrons. The van der Waals surface area contributed by atoms with Gasteiger partial charge in [-0.25, -0.2) is 4.39 Å². The van der Waals surface area contributed by atoms with E-state index in [1.54, 1.807) is 0 Å². The van der Waals surface area contributed by atoms with Crippen molar-refractivity contribution < 1.29 is 9.13 Å². The highest BCUT2D eigenvalue weighted by molar-refractivity contribution is 14.0. The van der Waals surface area contributed by atoms with Crippen LogP contribution in [0, 0.1) is 5.82 Å². The van der Waals surface area contributed by atoms with Gasteiger partial charge >= 0.3 is 0 Å². The van der Waals surface area contributed by atoms with E-state index in [2.05, 4.69) is 30.3 Å². The third-order valence-corrected chi connectivity index (χ3v) is 4.85. The van der Waals surface area contributed by atoms with Gasteiger partial charge in [-0.05, 0) is 56.4 Å². The Bertz CT molecular complexity index is 544. The van der Waals surface area contributed by atoms with Crippen LogP contribution in [-0.2, 0) is 4.74 Å². The topological polar surface area (TPSA) is 36.9 Å². The van der Waals surface area contributed by atoms with Gasteiger partial charge < -0.3 is 15.0 Å². The third-order valence-electron chi connectivity index (χ3n) is 4.15. The fourth-order valence-electron chi connectivity index (χ4n) is 2.95. The molecule has 4 nitrogen and oxygen atoms in total. The first kappa shape index (κ1) is 23.5. The molecule has 7 heteroatoms. The molecule has 0 saturated carbocycles. The summed E-state index contributed by atoms with van der Waals surface area (Å²) in [4.78, 5) is 7.06. The van der Waals surface area contributed by atoms with Crippen LogP contribution in [0.3, 0.4) is 0 Å². The average Bonchev–Trinajstić information content (AvgIpc) is 2.60. The zero-order valence-electron chi connectivity index (χ0n) is 15.9. The largest absolute Gasteiger partial charge is 0.367 e. The number of thioether (sulfide) groups is 1. The number of benzene rings is 1. The standard InChI is InChI=1S/C19H30FN3OS.HI/c1-4-21-19(22-11-5-6-12-25-3)23-13-15(2)24-18(14-23)16-7-9-17(20)10-8-16;/h7-10,15,18H,4-6,11-14H2,1-3H3,(H,21,22);1H. The van der Waals surface area contributed by atoms with Crippen molar-refractivity contribution in [2.45, 2.75) is 38.9 Å². The number of ether oxygens (including phenoxy) is 1. The molecule has 1 N–H and O–H groups in total. The molecule has 1 aromatic rings. The molecule has 0 amide bonds. The van der Waals surface area contributed by atoms with E-state index in [-0.39, 0.29) is 42.0 Å². The number of morpholine rings is 1. The van der Waals surface area contributed by atoms with Gasteiger partial charge in [0.1, 0.15) is 11.9 Å². The second kappa shape index (κ2) is 12.8. The number of rotatable bonds is 7. The molecule has 26 heavy (non-hydrogen) atoms. The summed E-state index contributed by atoms with van der Waals surface area (Å²) in [6, 6.07) is 6.60. The van der Waals surface area contributed by atoms with Crippen molar-refractivity contribution in [3.8, 4) is 0 Å². The van der Waals surface area contributed by atoms with Crippen molar-refractivity contribution in [3.63, 3.8) is 0 Å². The highest BCUT2D eigenvalue weighted by Crippen LogP contribution is 2.25. The number of hydrogen-bond donors (Lipinski definition) is 1. The summed E-state index contributed by atoms with van der Waals surface area (Å²) >= 11 is 1.88. The lowest BCUT2D eigenvalue weighted by Gasteiger charge is -2.38. The molecule has 0 aliphatic carbocycles. The van der Waals surface area contributed by atoms with Gasteiger partial charge in [0.05, 0.1) is 12.6 Å². The van der Waals surface area contributed by atoms with Crippen molar-refractivity contribution >= 4 is 41.7 Å². The van der Waals surface area contributed by atoms with Crippen LogP contribution in [0.5, 0.6) is 0 Å². The van der Waals surface area contributed by atoms with Gasteiger partial charge in [-0.1, -0.05) is 12.1 Å². The van der Waals surface area contributed by atoms with Crippen LogP contribution in [0.4, 0.5) is 4.39 Å². The molecule has 1 aliphatic heterocycles. The Morgan fingerprint density at radius 1 is 1.31 bits per heavy atom. The molecule has 1 heterocycles. The summed E-state index contributed by atoms with van der Waals surface area (Å²) in [5.74, 6) is 1.92. The van der Waals surface area contributed by atoms with Gasteiger partial charge in [0.2, 0.25) is 0 Å². The number of guanidine groups is 1. The Morgan fingerprint density at radius 2 is 2.04 bits per heavy atom. The molecule has 0 spiro atoms. The minimum atomic E-state index is -0.218. The number of aliphatic imine (C=N–C) groups is 1. The second-order valence-corrected chi connectivity index (χ2v) is 7.31. The van der Waals surface area contributed by atoms with Crippen LogP contribution in [0.1, 0.15) is 38.4 Å². The molecular weight excluding hydrogens is 464 g/mol. The number of nitrogens with zero attached hydrogens (tertiary/aromatic N) is 2. The van der Waals surface area contributed by atoms with E-state index in [4.69, 9.17) is 9.73 Å². The maximum absolute atomic E-state index is 13.2. The molecule has 0 bridgehead atoms. The molecular formula is C19H31FIN3OS. The summed E-state index contributed by atoms with van der Waals surface area (Å²) in [7, 11) is 0. The Balaban J connectivity index is 0.00000338. The third kappa shape index (κ3) is 7.60. The van der Waals surface area contributed by atoms with Crippen LogP contribution in [-0.4, -0.2) is 55.2 Å². The maximum Gasteiger partial charge on any atom is 0.194 e. The quantitative estimate of drug-likeness (QED) is 0.265. The molecule has 2 unspecified atom stereocenters. The second-order valence-electron chi connectivity index (χ2n) is 6.33. The Kier molecular flexibility index (Phi) is 11.5. The maximum atomic E-state index is 13.2. The minimum absolute atomic E-state index is 0. The lowest BCUT2D eigenvalue weighted by Crippen LogP contribution is -2.50. The fourth-order valence-corrected chi connectivity index (χ4v) is 3.45. The van der Waals surface area contributed by atoms with Gasteiger partial charge in [-0.2, -0.15) is 11.8 Å². The van der Waals surface area contributed by atoms with Crippen molar-refractivity contribution in [3.05, 3.63) is 35.6 Å². The monoisotopic (exact) mass is 495 g/mol. The van der Waals surface area contributed by atoms with Gasteiger partial charge in [-0.3, -0.25) is 4.99 Å². The number of halogens is 2. The normalized spacial score (nSPS) is 20.6. The van der Waals surface area contributed by atoms with Gasteiger partial charge in [-0.15, -0.1) is 24.0 Å². The summed E-state index contributed by atoms with van der Waals surface area (Å²) < 4.78 is 19.3. The van der Waals surface area contributed by atoms with E-state index in [1.807, 2.05) is 23.9 Å². The minimum Gasteiger partial charge on any atom is -0.367 e. The van der Waals surface area contributed by atoms with Gasteiger partial charge in [0, 0.05) is 19.6 Å². The molecule has 1 aliphatic rings. The highest BCUT2D eigenvalue weighted by Gasteiger charge is 2.28. The Labute approximate surface area is 178 Å². The predicted octanol–water partition coefficient (Wildman–Crippen LogP) is 4.31. The van der Waals surface area contributed by atoms with Crippen molar-refractivity contribution in [2.75, 3.05) is 38.2 Å². The number of unbranched alkanes of at least 4 members (excludes halogenated alkanes) is 1. The van der Waals surface area contributed by atoms with Crippen molar-refractivity contribution in [1.82, 2.24) is 10.2 Å². The predicted molar refractivity (Wildman–Crippen MR) is 120 cm³/mol. The molecule has 2 atom stereocenters. The van der Waals surface area contributed by atoms with E-state index >= 15 is 0 Å². The molecule has 1 fully saturated rings. The smallest absolute Gasteiger partial charge is 0.194 e. The molecule has 2 rings (SSSR count). The Hall–Kier alpha value is -0.540. The average molecular weight is 495 g/mol. The number of hydrogen-bond acceptors (Lipinski definition) is 3. The molecule has 0 radical (unpaired) electrons. The fraction of sp³-hybridized carbons (Fsp3) is 0.632. The van der Waals surface area contributed by atoms with Crippen LogP contribution < -0.4 is 5.32 Å². The summed E-state index contributed by atoms with van der Waals surface area (Å²) in [6.45, 7) is 7.39. The molecule has 0 aromatic heterocycles. The lowest BCUT2D eigenvalue weighted by molar-refractivity contribution is -0.0605. The summed E-state index contributed by atoms with van der Waals surface area (Å²) in [6.07, 6.45) is 4.48. The zero-order chi connectivity index (χ0) is 18.1. The lowest BCUT2D eigenvalue weighted by atomic mass is 10.1. The van der Waals surface area contributed by atoms with Crippen LogP contribution in [0.2, 0.25) is 0 Å². The van der Waals surface area contributed by atoms with E-state index in [0.29, 0.717) is 0 Å². The van der Waals surface area contributed by atoms with Crippen molar-refractivity contribution in [2.24, 2.45) is 4.99 Å². The Morgan fingerprint density at radius 3 is 2.69 bits per heavy atom. The molecule has 1 aromatic carbocycles. The highest BCUT2D eigenvalue weighted by atomic mass is 127. The number of nitrogens with one attached hydrogen (secondary N) is 1. The van der Waals surface area contributed by atoms with Crippen LogP contribution in [0.15, 0.2) is 29.3 Å². The van der Waals surface area contributed by atoms with Crippen LogP contribution in [0.25, 0.3) is 0 Å². The summed E-state index contributed by atoms with van der Waals surface area (Å²) in [5, 5.41) is 3.40. The first-order valence-electron chi connectivity index (χ1n) is 9.07. The van der Waals surface area contributed by atoms with Gasteiger partial charge in [0.15, 0.2) is 5.96 Å². The van der Waals surface area contributed by atoms with Crippen LogP contribution >= 0.6 is 35.7 Å². The zero-order valence-corrected chi connectivity index (χ0v) is 19.1. The van der Waals surface area contributed by atoms with Gasteiger partial charge in [0.25, 0.3) is 0 Å². The summed E-state index contributed by atoms with van der Waals surface area (Å²) in [5.41, 5.74) is 1.01. The molecule has 1 saturated heterocycles. The van der Waals surface area contributed by atoms with E-state index in [0.717, 1.165) is 44.1 Å². The van der Waals surface area contributed by atoms with E-state index < -0.39 is 0 Å². The van der Waals surface area contributed by atoms with E-state index in [1.165, 1.54) is 24.3 Å². The first-order chi connectivity index (χ1) is 12.1. The first-order valence-corrected chi connectivity index (χ1v) is 10.5.